The normalized spacial score (nSPS) is 16.1. The van der Waals surface area contributed by atoms with Crippen molar-refractivity contribution in [1.82, 2.24) is 9.88 Å². The Morgan fingerprint density at radius 3 is 2.39 bits per heavy atom. The van der Waals surface area contributed by atoms with E-state index in [2.05, 4.69) is 9.88 Å². The average Bonchev–Trinajstić information content (AvgIpc) is 2.80. The lowest BCUT2D eigenvalue weighted by molar-refractivity contribution is 0.0314. The highest BCUT2D eigenvalue weighted by atomic mass is 16.3. The number of aliphatic hydroxyl groups is 1. The number of amides is 1. The second-order valence-electron chi connectivity index (χ2n) is 6.94. The van der Waals surface area contributed by atoms with E-state index in [4.69, 9.17) is 0 Å². The molecule has 1 saturated heterocycles. The van der Waals surface area contributed by atoms with Crippen molar-refractivity contribution in [2.45, 2.75) is 52.1 Å². The van der Waals surface area contributed by atoms with Crippen LogP contribution in [0.4, 0.5) is 5.82 Å². The predicted octanol–water partition coefficient (Wildman–Crippen LogP) is 2.70. The molecule has 0 atom stereocenters. The molecular formula is C18H29N3O2. The molecule has 0 bridgehead atoms. The van der Waals surface area contributed by atoms with Crippen molar-refractivity contribution < 1.29 is 9.90 Å². The van der Waals surface area contributed by atoms with Gasteiger partial charge >= 0.3 is 0 Å². The van der Waals surface area contributed by atoms with Crippen LogP contribution in [0.2, 0.25) is 0 Å². The minimum Gasteiger partial charge on any atom is -0.389 e. The molecule has 23 heavy (non-hydrogen) atoms. The van der Waals surface area contributed by atoms with Gasteiger partial charge in [-0.3, -0.25) is 4.79 Å². The van der Waals surface area contributed by atoms with Crippen molar-refractivity contribution in [3.63, 3.8) is 0 Å². The molecule has 1 fully saturated rings. The summed E-state index contributed by atoms with van der Waals surface area (Å²) in [6.07, 6.45) is 6.65. The molecule has 0 unspecified atom stereocenters. The van der Waals surface area contributed by atoms with E-state index in [9.17, 15) is 9.90 Å². The summed E-state index contributed by atoms with van der Waals surface area (Å²) in [5.41, 5.74) is -0.319. The average molecular weight is 319 g/mol. The zero-order valence-corrected chi connectivity index (χ0v) is 14.6. The summed E-state index contributed by atoms with van der Waals surface area (Å²) in [4.78, 5) is 21.0. The van der Waals surface area contributed by atoms with Crippen molar-refractivity contribution in [2.24, 2.45) is 0 Å². The molecular weight excluding hydrogens is 290 g/mol. The Bertz CT molecular complexity index is 500. The van der Waals surface area contributed by atoms with Gasteiger partial charge < -0.3 is 14.9 Å². The number of likely N-dealkylation sites (N-methyl/N-ethyl adjacent to an activating group) is 1. The Kier molecular flexibility index (Phi) is 5.99. The first kappa shape index (κ1) is 17.7. The monoisotopic (exact) mass is 319 g/mol. The first-order valence-corrected chi connectivity index (χ1v) is 8.63. The maximum atomic E-state index is 12.6. The third-order valence-electron chi connectivity index (χ3n) is 4.17. The molecule has 0 aliphatic carbocycles. The Labute approximate surface area is 139 Å². The van der Waals surface area contributed by atoms with E-state index in [-0.39, 0.29) is 5.91 Å². The number of rotatable bonds is 5. The molecule has 5 nitrogen and oxygen atoms in total. The largest absolute Gasteiger partial charge is 0.389 e. The zero-order valence-electron chi connectivity index (χ0n) is 14.6. The van der Waals surface area contributed by atoms with Crippen LogP contribution >= 0.6 is 0 Å². The van der Waals surface area contributed by atoms with E-state index < -0.39 is 5.60 Å². The van der Waals surface area contributed by atoms with Gasteiger partial charge in [-0.25, -0.2) is 4.98 Å². The summed E-state index contributed by atoms with van der Waals surface area (Å²) in [6.45, 7) is 8.31. The Morgan fingerprint density at radius 1 is 1.26 bits per heavy atom. The fourth-order valence-corrected chi connectivity index (χ4v) is 2.98. The van der Waals surface area contributed by atoms with Crippen LogP contribution in [-0.4, -0.2) is 52.7 Å². The van der Waals surface area contributed by atoms with Crippen LogP contribution in [0.15, 0.2) is 18.3 Å². The summed E-state index contributed by atoms with van der Waals surface area (Å²) in [6, 6.07) is 3.79. The highest BCUT2D eigenvalue weighted by Crippen LogP contribution is 2.18. The summed E-state index contributed by atoms with van der Waals surface area (Å²) >= 11 is 0. The van der Waals surface area contributed by atoms with Gasteiger partial charge in [0.15, 0.2) is 0 Å². The lowest BCUT2D eigenvalue weighted by Gasteiger charge is -2.28. The number of aromatic nitrogens is 1. The smallest absolute Gasteiger partial charge is 0.255 e. The quantitative estimate of drug-likeness (QED) is 0.906. The SMILES string of the molecule is CCN(CC(C)(C)O)C(=O)c1ccc(N2CCCCCC2)nc1. The standard InChI is InChI=1S/C18H29N3O2/c1-4-20(14-18(2,3)23)17(22)15-9-10-16(19-13-15)21-11-7-5-6-8-12-21/h9-10,13,23H,4-8,11-12,14H2,1-3H3. The van der Waals surface area contributed by atoms with Gasteiger partial charge in [-0.2, -0.15) is 0 Å². The molecule has 5 heteroatoms. The molecule has 1 aromatic heterocycles. The van der Waals surface area contributed by atoms with Crippen LogP contribution < -0.4 is 4.90 Å². The molecule has 0 spiro atoms. The number of carbonyl (C=O) groups is 1. The number of pyridine rings is 1. The Morgan fingerprint density at radius 2 is 1.91 bits per heavy atom. The van der Waals surface area contributed by atoms with E-state index in [1.165, 1.54) is 25.7 Å². The van der Waals surface area contributed by atoms with E-state index in [1.54, 1.807) is 24.9 Å². The van der Waals surface area contributed by atoms with Crippen LogP contribution in [0.1, 0.15) is 56.8 Å². The van der Waals surface area contributed by atoms with Gasteiger partial charge in [-0.05, 0) is 45.7 Å². The zero-order chi connectivity index (χ0) is 16.9. The fraction of sp³-hybridized carbons (Fsp3) is 0.667. The molecule has 0 radical (unpaired) electrons. The third kappa shape index (κ3) is 5.20. The van der Waals surface area contributed by atoms with Gasteiger partial charge in [0.2, 0.25) is 0 Å². The van der Waals surface area contributed by atoms with Crippen LogP contribution in [0.5, 0.6) is 0 Å². The maximum absolute atomic E-state index is 12.6. The summed E-state index contributed by atoms with van der Waals surface area (Å²) in [5, 5.41) is 9.94. The van der Waals surface area contributed by atoms with Gasteiger partial charge in [0.1, 0.15) is 5.82 Å². The van der Waals surface area contributed by atoms with Gasteiger partial charge in [0, 0.05) is 32.4 Å². The van der Waals surface area contributed by atoms with E-state index >= 15 is 0 Å². The lowest BCUT2D eigenvalue weighted by Crippen LogP contribution is -2.42. The van der Waals surface area contributed by atoms with Crippen LogP contribution in [0.25, 0.3) is 0 Å². The van der Waals surface area contributed by atoms with Gasteiger partial charge in [-0.1, -0.05) is 12.8 Å². The summed E-state index contributed by atoms with van der Waals surface area (Å²) in [5.74, 6) is 0.874. The second kappa shape index (κ2) is 7.77. The van der Waals surface area contributed by atoms with Gasteiger partial charge in [0.05, 0.1) is 11.2 Å². The van der Waals surface area contributed by atoms with Crippen molar-refractivity contribution in [2.75, 3.05) is 31.1 Å². The van der Waals surface area contributed by atoms with Crippen LogP contribution in [0, 0.1) is 0 Å². The number of nitrogens with zero attached hydrogens (tertiary/aromatic N) is 3. The maximum Gasteiger partial charge on any atom is 0.255 e. The second-order valence-corrected chi connectivity index (χ2v) is 6.94. The Balaban J connectivity index is 2.06. The molecule has 128 valence electrons. The van der Waals surface area contributed by atoms with Crippen molar-refractivity contribution in [1.29, 1.82) is 0 Å². The number of hydrogen-bond acceptors (Lipinski definition) is 4. The number of hydrogen-bond donors (Lipinski definition) is 1. The van der Waals surface area contributed by atoms with E-state index in [1.807, 2.05) is 19.1 Å². The molecule has 2 rings (SSSR count). The summed E-state index contributed by atoms with van der Waals surface area (Å²) < 4.78 is 0. The molecule has 1 aliphatic heterocycles. The first-order chi connectivity index (χ1) is 10.9. The number of anilines is 1. The molecule has 1 amide bonds. The predicted molar refractivity (Wildman–Crippen MR) is 92.8 cm³/mol. The molecule has 0 aromatic carbocycles. The minimum absolute atomic E-state index is 0.0791. The van der Waals surface area contributed by atoms with E-state index in [0.717, 1.165) is 18.9 Å². The molecule has 1 aliphatic rings. The lowest BCUT2D eigenvalue weighted by atomic mass is 10.1. The molecule has 2 heterocycles. The molecule has 0 saturated carbocycles. The van der Waals surface area contributed by atoms with Crippen molar-refractivity contribution >= 4 is 11.7 Å². The fourth-order valence-electron chi connectivity index (χ4n) is 2.98. The highest BCUT2D eigenvalue weighted by molar-refractivity contribution is 5.94. The first-order valence-electron chi connectivity index (χ1n) is 8.63. The third-order valence-corrected chi connectivity index (χ3v) is 4.17. The minimum atomic E-state index is -0.898. The Hall–Kier alpha value is -1.62. The number of carbonyl (C=O) groups excluding carboxylic acids is 1. The van der Waals surface area contributed by atoms with Crippen molar-refractivity contribution in [3.05, 3.63) is 23.9 Å². The van der Waals surface area contributed by atoms with Crippen LogP contribution in [-0.2, 0) is 0 Å². The molecule has 1 N–H and O–H groups in total. The highest BCUT2D eigenvalue weighted by Gasteiger charge is 2.22. The van der Waals surface area contributed by atoms with Crippen molar-refractivity contribution in [3.8, 4) is 0 Å². The van der Waals surface area contributed by atoms with E-state index in [0.29, 0.717) is 18.7 Å². The van der Waals surface area contributed by atoms with Gasteiger partial charge in [-0.15, -0.1) is 0 Å². The van der Waals surface area contributed by atoms with Crippen LogP contribution in [0.3, 0.4) is 0 Å². The summed E-state index contributed by atoms with van der Waals surface area (Å²) in [7, 11) is 0. The topological polar surface area (TPSA) is 56.7 Å². The molecule has 1 aromatic rings. The van der Waals surface area contributed by atoms with Gasteiger partial charge in [0.25, 0.3) is 5.91 Å².